The Balaban J connectivity index is 3.75. The maximum Gasteiger partial charge on any atom is 0.309 e. The number of carbonyl (C=O) groups excluding carboxylic acids is 2. The van der Waals surface area contributed by atoms with E-state index >= 15 is 0 Å². The molecule has 0 fully saturated rings. The zero-order valence-corrected chi connectivity index (χ0v) is 10.7. The highest BCUT2D eigenvalue weighted by molar-refractivity contribution is 9.09. The van der Waals surface area contributed by atoms with E-state index in [1.54, 1.807) is 0 Å². The summed E-state index contributed by atoms with van der Waals surface area (Å²) in [6, 6.07) is 0. The number of halogens is 1. The summed E-state index contributed by atoms with van der Waals surface area (Å²) in [6.45, 7) is 3.77. The van der Waals surface area contributed by atoms with Gasteiger partial charge in [0.05, 0.1) is 13.0 Å². The minimum atomic E-state index is -0.434. The lowest BCUT2D eigenvalue weighted by atomic mass is 10.3. The Kier molecular flexibility index (Phi) is 8.37. The Morgan fingerprint density at radius 3 is 2.53 bits per heavy atom. The van der Waals surface area contributed by atoms with Crippen LogP contribution in [0.5, 0.6) is 0 Å². The van der Waals surface area contributed by atoms with E-state index in [2.05, 4.69) is 15.9 Å². The Bertz CT molecular complexity index is 206. The maximum absolute atomic E-state index is 11.2. The van der Waals surface area contributed by atoms with Gasteiger partial charge in [-0.2, -0.15) is 0 Å². The molecule has 0 aliphatic heterocycles. The van der Waals surface area contributed by atoms with Crippen molar-refractivity contribution in [3.8, 4) is 0 Å². The Labute approximate surface area is 98.4 Å². The van der Waals surface area contributed by atoms with Crippen LogP contribution in [0.25, 0.3) is 0 Å². The van der Waals surface area contributed by atoms with E-state index in [-0.39, 0.29) is 18.4 Å². The average molecular weight is 281 g/mol. The first-order chi connectivity index (χ1) is 7.10. The number of esters is 2. The predicted octanol–water partition coefficient (Wildman–Crippen LogP) is 2.05. The number of rotatable bonds is 7. The smallest absolute Gasteiger partial charge is 0.309 e. The van der Waals surface area contributed by atoms with E-state index in [0.29, 0.717) is 11.9 Å². The Morgan fingerprint density at radius 2 is 2.07 bits per heavy atom. The van der Waals surface area contributed by atoms with Crippen molar-refractivity contribution in [3.63, 3.8) is 0 Å². The number of unbranched alkanes of at least 4 members (excludes halogenated alkanes) is 1. The monoisotopic (exact) mass is 280 g/mol. The molecular formula is C10H17BrO4. The molecule has 5 heteroatoms. The van der Waals surface area contributed by atoms with Gasteiger partial charge < -0.3 is 9.47 Å². The van der Waals surface area contributed by atoms with E-state index in [1.807, 2.05) is 6.92 Å². The van der Waals surface area contributed by atoms with Crippen molar-refractivity contribution in [2.24, 2.45) is 0 Å². The normalized spacial score (nSPS) is 11.9. The van der Waals surface area contributed by atoms with Crippen LogP contribution in [0.1, 0.15) is 33.1 Å². The third-order valence-corrected chi connectivity index (χ3v) is 2.38. The molecule has 0 saturated carbocycles. The van der Waals surface area contributed by atoms with Crippen LogP contribution in [0, 0.1) is 0 Å². The van der Waals surface area contributed by atoms with Crippen molar-refractivity contribution in [3.05, 3.63) is 0 Å². The molecule has 0 aromatic carbocycles. The highest BCUT2D eigenvalue weighted by atomic mass is 79.9. The van der Waals surface area contributed by atoms with Crippen LogP contribution in [0.2, 0.25) is 0 Å². The minimum absolute atomic E-state index is 0.106. The molecule has 0 heterocycles. The number of alkyl halides is 1. The fourth-order valence-electron chi connectivity index (χ4n) is 0.938. The lowest BCUT2D eigenvalue weighted by Crippen LogP contribution is -2.23. The summed E-state index contributed by atoms with van der Waals surface area (Å²) in [5, 5.41) is 0.440. The highest BCUT2D eigenvalue weighted by Crippen LogP contribution is 2.05. The first-order valence-corrected chi connectivity index (χ1v) is 6.11. The first kappa shape index (κ1) is 14.4. The molecule has 0 aromatic rings. The molecule has 0 aromatic heterocycles. The molecule has 0 spiro atoms. The second-order valence-electron chi connectivity index (χ2n) is 3.16. The SMILES string of the molecule is CCCCOC(=O)CC(CBr)OC(C)=O. The van der Waals surface area contributed by atoms with Gasteiger partial charge in [0.15, 0.2) is 0 Å². The summed E-state index contributed by atoms with van der Waals surface area (Å²) < 4.78 is 9.84. The van der Waals surface area contributed by atoms with Crippen molar-refractivity contribution < 1.29 is 19.1 Å². The molecule has 15 heavy (non-hydrogen) atoms. The van der Waals surface area contributed by atoms with Gasteiger partial charge in [-0.25, -0.2) is 0 Å². The third kappa shape index (κ3) is 8.42. The summed E-state index contributed by atoms with van der Waals surface area (Å²) in [4.78, 5) is 21.9. The van der Waals surface area contributed by atoms with Gasteiger partial charge >= 0.3 is 11.9 Å². The van der Waals surface area contributed by atoms with Crippen molar-refractivity contribution >= 4 is 27.9 Å². The summed E-state index contributed by atoms with van der Waals surface area (Å²) in [5.74, 6) is -0.713. The standard InChI is InChI=1S/C10H17BrO4/c1-3-4-5-14-10(13)6-9(7-11)15-8(2)12/h9H,3-7H2,1-2H3. The Hall–Kier alpha value is -0.580. The van der Waals surface area contributed by atoms with Crippen molar-refractivity contribution in [1.29, 1.82) is 0 Å². The van der Waals surface area contributed by atoms with Gasteiger partial charge in [-0.05, 0) is 6.42 Å². The number of hydrogen-bond donors (Lipinski definition) is 0. The number of hydrogen-bond acceptors (Lipinski definition) is 4. The van der Waals surface area contributed by atoms with Gasteiger partial charge in [0, 0.05) is 12.3 Å². The molecule has 0 saturated heterocycles. The van der Waals surface area contributed by atoms with E-state index in [1.165, 1.54) is 6.92 Å². The maximum atomic E-state index is 11.2. The summed E-state index contributed by atoms with van der Waals surface area (Å²) in [7, 11) is 0. The van der Waals surface area contributed by atoms with Gasteiger partial charge in [0.1, 0.15) is 6.10 Å². The van der Waals surface area contributed by atoms with Gasteiger partial charge in [-0.1, -0.05) is 29.3 Å². The minimum Gasteiger partial charge on any atom is -0.466 e. The molecule has 1 unspecified atom stereocenters. The van der Waals surface area contributed by atoms with Crippen LogP contribution in [0.3, 0.4) is 0 Å². The van der Waals surface area contributed by atoms with Gasteiger partial charge in [-0.15, -0.1) is 0 Å². The summed E-state index contributed by atoms with van der Waals surface area (Å²) in [6.07, 6.45) is 1.52. The van der Waals surface area contributed by atoms with Crippen molar-refractivity contribution in [1.82, 2.24) is 0 Å². The topological polar surface area (TPSA) is 52.6 Å². The van der Waals surface area contributed by atoms with Crippen LogP contribution in [-0.2, 0) is 19.1 Å². The molecule has 0 aliphatic rings. The fraction of sp³-hybridized carbons (Fsp3) is 0.800. The van der Waals surface area contributed by atoms with Crippen molar-refractivity contribution in [2.45, 2.75) is 39.2 Å². The molecule has 0 rings (SSSR count). The fourth-order valence-corrected chi connectivity index (χ4v) is 1.30. The van der Waals surface area contributed by atoms with Crippen LogP contribution >= 0.6 is 15.9 Å². The quantitative estimate of drug-likeness (QED) is 0.407. The zero-order chi connectivity index (χ0) is 11.7. The van der Waals surface area contributed by atoms with Crippen molar-refractivity contribution in [2.75, 3.05) is 11.9 Å². The van der Waals surface area contributed by atoms with E-state index in [0.717, 1.165) is 12.8 Å². The summed E-state index contributed by atoms with van der Waals surface area (Å²) in [5.41, 5.74) is 0. The highest BCUT2D eigenvalue weighted by Gasteiger charge is 2.16. The predicted molar refractivity (Wildman–Crippen MR) is 59.8 cm³/mol. The third-order valence-electron chi connectivity index (χ3n) is 1.66. The van der Waals surface area contributed by atoms with Gasteiger partial charge in [-0.3, -0.25) is 9.59 Å². The molecule has 1 atom stereocenters. The number of ether oxygens (including phenoxy) is 2. The molecule has 0 aliphatic carbocycles. The number of carbonyl (C=O) groups is 2. The molecule has 0 amide bonds. The van der Waals surface area contributed by atoms with E-state index < -0.39 is 6.10 Å². The molecule has 0 bridgehead atoms. The molecule has 88 valence electrons. The van der Waals surface area contributed by atoms with E-state index in [4.69, 9.17) is 9.47 Å². The largest absolute Gasteiger partial charge is 0.466 e. The lowest BCUT2D eigenvalue weighted by Gasteiger charge is -2.13. The lowest BCUT2D eigenvalue weighted by molar-refractivity contribution is -0.152. The van der Waals surface area contributed by atoms with Gasteiger partial charge in [0.25, 0.3) is 0 Å². The Morgan fingerprint density at radius 1 is 1.40 bits per heavy atom. The second kappa shape index (κ2) is 8.71. The average Bonchev–Trinajstić information content (AvgIpc) is 2.16. The molecule has 0 radical (unpaired) electrons. The van der Waals surface area contributed by atoms with Gasteiger partial charge in [0.2, 0.25) is 0 Å². The second-order valence-corrected chi connectivity index (χ2v) is 3.81. The van der Waals surface area contributed by atoms with E-state index in [9.17, 15) is 9.59 Å². The summed E-state index contributed by atoms with van der Waals surface area (Å²) >= 11 is 3.17. The first-order valence-electron chi connectivity index (χ1n) is 4.99. The molecule has 4 nitrogen and oxygen atoms in total. The van der Waals surface area contributed by atoms with Crippen LogP contribution < -0.4 is 0 Å². The molecular weight excluding hydrogens is 264 g/mol. The molecule has 0 N–H and O–H groups in total. The van der Waals surface area contributed by atoms with Crippen LogP contribution in [0.4, 0.5) is 0 Å². The van der Waals surface area contributed by atoms with Crippen LogP contribution in [-0.4, -0.2) is 30.0 Å². The van der Waals surface area contributed by atoms with Crippen LogP contribution in [0.15, 0.2) is 0 Å². The zero-order valence-electron chi connectivity index (χ0n) is 9.12.